The summed E-state index contributed by atoms with van der Waals surface area (Å²) in [6, 6.07) is 12.2. The number of anilines is 1. The highest BCUT2D eigenvalue weighted by atomic mass is 16.1. The molecule has 0 bridgehead atoms. The van der Waals surface area contributed by atoms with E-state index in [9.17, 15) is 4.79 Å². The Hall–Kier alpha value is -2.03. The number of amides is 1. The smallest absolute Gasteiger partial charge is 0.224 e. The van der Waals surface area contributed by atoms with Gasteiger partial charge in [-0.2, -0.15) is 0 Å². The van der Waals surface area contributed by atoms with Gasteiger partial charge < -0.3 is 9.88 Å². The molecular formula is C17H22N2O. The molecule has 0 unspecified atom stereocenters. The molecule has 1 aromatic carbocycles. The van der Waals surface area contributed by atoms with Crippen LogP contribution in [0, 0.1) is 19.8 Å². The largest absolute Gasteiger partial charge is 0.326 e. The summed E-state index contributed by atoms with van der Waals surface area (Å²) in [5.74, 6) is 0.445. The van der Waals surface area contributed by atoms with Gasteiger partial charge in [-0.3, -0.25) is 4.79 Å². The van der Waals surface area contributed by atoms with Crippen LogP contribution in [0.2, 0.25) is 0 Å². The van der Waals surface area contributed by atoms with Crippen LogP contribution in [0.1, 0.15) is 31.7 Å². The lowest BCUT2D eigenvalue weighted by Gasteiger charge is -2.11. The first-order chi connectivity index (χ1) is 9.47. The molecule has 0 atom stereocenters. The summed E-state index contributed by atoms with van der Waals surface area (Å²) in [6.45, 7) is 8.26. The van der Waals surface area contributed by atoms with E-state index in [-0.39, 0.29) is 5.91 Å². The normalized spacial score (nSPS) is 10.8. The van der Waals surface area contributed by atoms with Gasteiger partial charge in [0.1, 0.15) is 0 Å². The van der Waals surface area contributed by atoms with Crippen LogP contribution in [0.25, 0.3) is 5.69 Å². The topological polar surface area (TPSA) is 34.0 Å². The van der Waals surface area contributed by atoms with Crippen molar-refractivity contribution in [1.29, 1.82) is 0 Å². The van der Waals surface area contributed by atoms with Crippen molar-refractivity contribution in [2.45, 2.75) is 34.1 Å². The van der Waals surface area contributed by atoms with E-state index < -0.39 is 0 Å². The minimum Gasteiger partial charge on any atom is -0.326 e. The summed E-state index contributed by atoms with van der Waals surface area (Å²) in [5.41, 5.74) is 4.38. The maximum absolute atomic E-state index is 11.7. The summed E-state index contributed by atoms with van der Waals surface area (Å²) >= 11 is 0. The molecule has 1 amide bonds. The van der Waals surface area contributed by atoms with Gasteiger partial charge in [-0.15, -0.1) is 0 Å². The molecular weight excluding hydrogens is 248 g/mol. The highest BCUT2D eigenvalue weighted by Gasteiger charge is 2.06. The van der Waals surface area contributed by atoms with Gasteiger partial charge in [0.15, 0.2) is 0 Å². The van der Waals surface area contributed by atoms with Gasteiger partial charge in [-0.1, -0.05) is 13.8 Å². The number of nitrogens with one attached hydrogen (secondary N) is 1. The van der Waals surface area contributed by atoms with Crippen LogP contribution in [-0.4, -0.2) is 10.5 Å². The van der Waals surface area contributed by atoms with Gasteiger partial charge >= 0.3 is 0 Å². The average molecular weight is 270 g/mol. The molecule has 1 aromatic heterocycles. The molecule has 0 spiro atoms. The number of rotatable bonds is 4. The van der Waals surface area contributed by atoms with Crippen LogP contribution in [0.5, 0.6) is 0 Å². The van der Waals surface area contributed by atoms with E-state index in [2.05, 4.69) is 35.9 Å². The van der Waals surface area contributed by atoms with E-state index in [1.807, 2.05) is 38.1 Å². The molecule has 2 aromatic rings. The number of carbonyl (C=O) groups excluding carboxylic acids is 1. The highest BCUT2D eigenvalue weighted by molar-refractivity contribution is 5.90. The molecule has 0 saturated heterocycles. The molecule has 106 valence electrons. The van der Waals surface area contributed by atoms with Crippen molar-refractivity contribution >= 4 is 11.6 Å². The standard InChI is InChI=1S/C17H22N2O/c1-12(2)11-17(20)18-15-7-9-16(10-8-15)19-13(3)5-6-14(19)4/h5-10,12H,11H2,1-4H3,(H,18,20). The fourth-order valence-electron chi connectivity index (χ4n) is 2.35. The fourth-order valence-corrected chi connectivity index (χ4v) is 2.35. The SMILES string of the molecule is Cc1ccc(C)n1-c1ccc(NC(=O)CC(C)C)cc1. The third-order valence-corrected chi connectivity index (χ3v) is 3.27. The summed E-state index contributed by atoms with van der Waals surface area (Å²) < 4.78 is 2.19. The van der Waals surface area contributed by atoms with E-state index in [1.54, 1.807) is 0 Å². The van der Waals surface area contributed by atoms with Gasteiger partial charge in [-0.25, -0.2) is 0 Å². The van der Waals surface area contributed by atoms with Crippen LogP contribution < -0.4 is 5.32 Å². The number of carbonyl (C=O) groups is 1. The second kappa shape index (κ2) is 5.95. The number of benzene rings is 1. The zero-order chi connectivity index (χ0) is 14.7. The quantitative estimate of drug-likeness (QED) is 0.892. The van der Waals surface area contributed by atoms with Crippen molar-refractivity contribution < 1.29 is 4.79 Å². The third kappa shape index (κ3) is 3.29. The Kier molecular flexibility index (Phi) is 4.28. The molecule has 20 heavy (non-hydrogen) atoms. The van der Waals surface area contributed by atoms with Crippen molar-refractivity contribution in [1.82, 2.24) is 4.57 Å². The Morgan fingerprint density at radius 3 is 2.10 bits per heavy atom. The maximum atomic E-state index is 11.7. The van der Waals surface area contributed by atoms with E-state index >= 15 is 0 Å². The van der Waals surface area contributed by atoms with Gasteiger partial charge in [0.05, 0.1) is 0 Å². The van der Waals surface area contributed by atoms with E-state index in [0.29, 0.717) is 12.3 Å². The molecule has 1 heterocycles. The van der Waals surface area contributed by atoms with Crippen molar-refractivity contribution in [3.63, 3.8) is 0 Å². The molecule has 3 nitrogen and oxygen atoms in total. The van der Waals surface area contributed by atoms with Crippen LogP contribution in [-0.2, 0) is 4.79 Å². The van der Waals surface area contributed by atoms with Crippen LogP contribution >= 0.6 is 0 Å². The minimum atomic E-state index is 0.0704. The summed E-state index contributed by atoms with van der Waals surface area (Å²) in [4.78, 5) is 11.7. The highest BCUT2D eigenvalue weighted by Crippen LogP contribution is 2.18. The minimum absolute atomic E-state index is 0.0704. The number of aromatic nitrogens is 1. The third-order valence-electron chi connectivity index (χ3n) is 3.27. The first kappa shape index (κ1) is 14.4. The van der Waals surface area contributed by atoms with E-state index in [4.69, 9.17) is 0 Å². The van der Waals surface area contributed by atoms with Gasteiger partial charge in [0, 0.05) is 29.2 Å². The Morgan fingerprint density at radius 2 is 1.60 bits per heavy atom. The molecule has 0 radical (unpaired) electrons. The van der Waals surface area contributed by atoms with Crippen LogP contribution in [0.15, 0.2) is 36.4 Å². The Bertz CT molecular complexity index is 574. The summed E-state index contributed by atoms with van der Waals surface area (Å²) in [6.07, 6.45) is 0.553. The molecule has 0 aliphatic heterocycles. The van der Waals surface area contributed by atoms with Gasteiger partial charge in [-0.05, 0) is 56.2 Å². The Balaban J connectivity index is 2.13. The molecule has 0 fully saturated rings. The van der Waals surface area contributed by atoms with E-state index in [0.717, 1.165) is 11.4 Å². The molecule has 3 heteroatoms. The number of aryl methyl sites for hydroxylation is 2. The van der Waals surface area contributed by atoms with Gasteiger partial charge in [0.25, 0.3) is 0 Å². The molecule has 0 saturated carbocycles. The molecule has 0 aliphatic rings. The van der Waals surface area contributed by atoms with Gasteiger partial charge in [0.2, 0.25) is 5.91 Å². The number of nitrogens with zero attached hydrogens (tertiary/aromatic N) is 1. The first-order valence-electron chi connectivity index (χ1n) is 7.02. The molecule has 2 rings (SSSR count). The molecule has 0 aliphatic carbocycles. The second-order valence-corrected chi connectivity index (χ2v) is 5.64. The average Bonchev–Trinajstić information content (AvgIpc) is 2.69. The zero-order valence-electron chi connectivity index (χ0n) is 12.6. The monoisotopic (exact) mass is 270 g/mol. The predicted molar refractivity (Wildman–Crippen MR) is 83.3 cm³/mol. The van der Waals surface area contributed by atoms with Crippen molar-refractivity contribution in [3.05, 3.63) is 47.8 Å². The first-order valence-corrected chi connectivity index (χ1v) is 7.02. The Morgan fingerprint density at radius 1 is 1.05 bits per heavy atom. The number of hydrogen-bond donors (Lipinski definition) is 1. The van der Waals surface area contributed by atoms with Crippen molar-refractivity contribution in [2.75, 3.05) is 5.32 Å². The lowest BCUT2D eigenvalue weighted by atomic mass is 10.1. The lowest BCUT2D eigenvalue weighted by Crippen LogP contribution is -2.13. The molecule has 1 N–H and O–H groups in total. The number of hydrogen-bond acceptors (Lipinski definition) is 1. The zero-order valence-corrected chi connectivity index (χ0v) is 12.6. The van der Waals surface area contributed by atoms with E-state index in [1.165, 1.54) is 11.4 Å². The predicted octanol–water partition coefficient (Wildman–Crippen LogP) is 4.08. The lowest BCUT2D eigenvalue weighted by molar-refractivity contribution is -0.116. The van der Waals surface area contributed by atoms with Crippen molar-refractivity contribution in [3.8, 4) is 5.69 Å². The summed E-state index contributed by atoms with van der Waals surface area (Å²) in [5, 5.41) is 2.93. The fraction of sp³-hybridized carbons (Fsp3) is 0.353. The second-order valence-electron chi connectivity index (χ2n) is 5.64. The Labute approximate surface area is 120 Å². The van der Waals surface area contributed by atoms with Crippen LogP contribution in [0.3, 0.4) is 0 Å². The maximum Gasteiger partial charge on any atom is 0.224 e. The van der Waals surface area contributed by atoms with Crippen LogP contribution in [0.4, 0.5) is 5.69 Å². The summed E-state index contributed by atoms with van der Waals surface area (Å²) in [7, 11) is 0. The van der Waals surface area contributed by atoms with Crippen molar-refractivity contribution in [2.24, 2.45) is 5.92 Å².